The molecule has 2 rings (SSSR count). The number of piperidine rings is 1. The van der Waals surface area contributed by atoms with Gasteiger partial charge < -0.3 is 10.0 Å². The Bertz CT molecular complexity index is 549. The van der Waals surface area contributed by atoms with Crippen molar-refractivity contribution in [2.75, 3.05) is 13.1 Å². The van der Waals surface area contributed by atoms with Crippen LogP contribution in [0, 0.1) is 23.0 Å². The first-order valence-electron chi connectivity index (χ1n) is 7.12. The molecule has 1 heterocycles. The van der Waals surface area contributed by atoms with E-state index >= 15 is 0 Å². The third-order valence-corrected chi connectivity index (χ3v) is 4.16. The lowest BCUT2D eigenvalue weighted by Crippen LogP contribution is -2.40. The number of amides is 1. The fourth-order valence-corrected chi connectivity index (χ4v) is 2.71. The van der Waals surface area contributed by atoms with Gasteiger partial charge in [-0.2, -0.15) is 0 Å². The zero-order valence-corrected chi connectivity index (χ0v) is 12.3. The van der Waals surface area contributed by atoms with Crippen LogP contribution in [0.3, 0.4) is 0 Å². The summed E-state index contributed by atoms with van der Waals surface area (Å²) in [5.41, 5.74) is 0.867. The fourth-order valence-electron chi connectivity index (χ4n) is 2.71. The van der Waals surface area contributed by atoms with Crippen molar-refractivity contribution in [1.29, 1.82) is 0 Å². The van der Waals surface area contributed by atoms with Gasteiger partial charge in [-0.25, -0.2) is 0 Å². The molecule has 0 aromatic heterocycles. The standard InChI is InChI=1S/C15H20N2O4/c1-10-3-4-13(9-14(10)17(20)21)15(19)16-7-5-12(6-8-16)11(2)18/h3-4,9,11-12,18H,5-8H2,1-2H3. The number of aliphatic hydroxyl groups is 1. The van der Waals surface area contributed by atoms with Crippen LogP contribution in [0.4, 0.5) is 5.69 Å². The number of nitrogens with zero attached hydrogens (tertiary/aromatic N) is 2. The SMILES string of the molecule is Cc1ccc(C(=O)N2CCC(C(C)O)CC2)cc1[N+](=O)[O-]. The quantitative estimate of drug-likeness (QED) is 0.683. The molecule has 1 atom stereocenters. The van der Waals surface area contributed by atoms with Crippen molar-refractivity contribution >= 4 is 11.6 Å². The smallest absolute Gasteiger partial charge is 0.273 e. The second-order valence-electron chi connectivity index (χ2n) is 5.63. The first kappa shape index (κ1) is 15.4. The molecular formula is C15H20N2O4. The highest BCUT2D eigenvalue weighted by Crippen LogP contribution is 2.24. The van der Waals surface area contributed by atoms with Crippen molar-refractivity contribution in [2.24, 2.45) is 5.92 Å². The Morgan fingerprint density at radius 1 is 1.43 bits per heavy atom. The van der Waals surface area contributed by atoms with E-state index in [2.05, 4.69) is 0 Å². The van der Waals surface area contributed by atoms with Gasteiger partial charge in [-0.3, -0.25) is 14.9 Å². The Hall–Kier alpha value is -1.95. The molecular weight excluding hydrogens is 272 g/mol. The van der Waals surface area contributed by atoms with E-state index in [9.17, 15) is 20.0 Å². The summed E-state index contributed by atoms with van der Waals surface area (Å²) >= 11 is 0. The minimum absolute atomic E-state index is 0.0280. The Morgan fingerprint density at radius 3 is 2.57 bits per heavy atom. The number of nitro groups is 1. The van der Waals surface area contributed by atoms with E-state index in [1.165, 1.54) is 6.07 Å². The third-order valence-electron chi connectivity index (χ3n) is 4.16. The van der Waals surface area contributed by atoms with E-state index in [-0.39, 0.29) is 23.6 Å². The Labute approximate surface area is 123 Å². The number of aryl methyl sites for hydroxylation is 1. The van der Waals surface area contributed by atoms with E-state index in [0.29, 0.717) is 24.2 Å². The maximum absolute atomic E-state index is 12.4. The lowest BCUT2D eigenvalue weighted by atomic mass is 9.92. The van der Waals surface area contributed by atoms with E-state index in [1.807, 2.05) is 0 Å². The highest BCUT2D eigenvalue weighted by atomic mass is 16.6. The van der Waals surface area contributed by atoms with Crippen LogP contribution in [0.1, 0.15) is 35.7 Å². The Morgan fingerprint density at radius 2 is 2.05 bits per heavy atom. The summed E-state index contributed by atoms with van der Waals surface area (Å²) in [4.78, 5) is 24.6. The van der Waals surface area contributed by atoms with Crippen LogP contribution < -0.4 is 0 Å². The number of carbonyl (C=O) groups excluding carboxylic acids is 1. The van der Waals surface area contributed by atoms with Crippen molar-refractivity contribution in [2.45, 2.75) is 32.8 Å². The first-order valence-corrected chi connectivity index (χ1v) is 7.12. The molecule has 114 valence electrons. The molecule has 0 saturated carbocycles. The predicted molar refractivity (Wildman–Crippen MR) is 78.1 cm³/mol. The summed E-state index contributed by atoms with van der Waals surface area (Å²) in [5.74, 6) is 0.0450. The van der Waals surface area contributed by atoms with Crippen LogP contribution in [-0.2, 0) is 0 Å². The molecule has 6 nitrogen and oxygen atoms in total. The first-order chi connectivity index (χ1) is 9.90. The number of benzene rings is 1. The molecule has 1 aliphatic rings. The Balaban J connectivity index is 2.11. The number of carbonyl (C=O) groups is 1. The largest absolute Gasteiger partial charge is 0.393 e. The number of likely N-dealkylation sites (tertiary alicyclic amines) is 1. The maximum atomic E-state index is 12.4. The molecule has 0 bridgehead atoms. The van der Waals surface area contributed by atoms with Crippen LogP contribution >= 0.6 is 0 Å². The molecule has 1 unspecified atom stereocenters. The average molecular weight is 292 g/mol. The van der Waals surface area contributed by atoms with Crippen molar-refractivity contribution < 1.29 is 14.8 Å². The molecule has 1 saturated heterocycles. The van der Waals surface area contributed by atoms with Crippen LogP contribution in [0.15, 0.2) is 18.2 Å². The summed E-state index contributed by atoms with van der Waals surface area (Å²) in [7, 11) is 0. The number of rotatable bonds is 3. The van der Waals surface area contributed by atoms with E-state index in [0.717, 1.165) is 12.8 Å². The minimum atomic E-state index is -0.466. The molecule has 0 spiro atoms. The van der Waals surface area contributed by atoms with E-state index < -0.39 is 4.92 Å². The van der Waals surface area contributed by atoms with Gasteiger partial charge in [0.15, 0.2) is 0 Å². The highest BCUT2D eigenvalue weighted by molar-refractivity contribution is 5.95. The van der Waals surface area contributed by atoms with Crippen LogP contribution in [-0.4, -0.2) is 40.0 Å². The van der Waals surface area contributed by atoms with Gasteiger partial charge in [-0.05, 0) is 38.7 Å². The van der Waals surface area contributed by atoms with Gasteiger partial charge in [-0.1, -0.05) is 6.07 Å². The van der Waals surface area contributed by atoms with Gasteiger partial charge >= 0.3 is 0 Å². The second kappa shape index (κ2) is 6.22. The van der Waals surface area contributed by atoms with E-state index in [1.54, 1.807) is 30.9 Å². The summed E-state index contributed by atoms with van der Waals surface area (Å²) in [6, 6.07) is 4.58. The predicted octanol–water partition coefficient (Wildman–Crippen LogP) is 2.14. The molecule has 1 amide bonds. The van der Waals surface area contributed by atoms with Gasteiger partial charge in [0.05, 0.1) is 11.0 Å². The molecule has 0 radical (unpaired) electrons. The molecule has 1 aromatic carbocycles. The van der Waals surface area contributed by atoms with E-state index in [4.69, 9.17) is 0 Å². The van der Waals surface area contributed by atoms with Gasteiger partial charge in [0, 0.05) is 30.3 Å². The highest BCUT2D eigenvalue weighted by Gasteiger charge is 2.26. The van der Waals surface area contributed by atoms with Gasteiger partial charge in [0.25, 0.3) is 11.6 Å². The van der Waals surface area contributed by atoms with Gasteiger partial charge in [-0.15, -0.1) is 0 Å². The monoisotopic (exact) mass is 292 g/mol. The number of hydrogen-bond donors (Lipinski definition) is 1. The molecule has 6 heteroatoms. The summed E-state index contributed by atoms with van der Waals surface area (Å²) in [6.07, 6.45) is 1.16. The number of aliphatic hydroxyl groups excluding tert-OH is 1. The summed E-state index contributed by atoms with van der Waals surface area (Å²) < 4.78 is 0. The van der Waals surface area contributed by atoms with Crippen molar-refractivity contribution in [3.63, 3.8) is 0 Å². The number of nitro benzene ring substituents is 1. The summed E-state index contributed by atoms with van der Waals surface area (Å²) in [6.45, 7) is 4.58. The maximum Gasteiger partial charge on any atom is 0.273 e. The van der Waals surface area contributed by atoms with Crippen molar-refractivity contribution in [3.05, 3.63) is 39.4 Å². The van der Waals surface area contributed by atoms with Crippen LogP contribution in [0.2, 0.25) is 0 Å². The molecule has 1 fully saturated rings. The van der Waals surface area contributed by atoms with Gasteiger partial charge in [0.2, 0.25) is 0 Å². The van der Waals surface area contributed by atoms with Crippen molar-refractivity contribution in [1.82, 2.24) is 4.90 Å². The Kier molecular flexibility index (Phi) is 4.57. The summed E-state index contributed by atoms with van der Waals surface area (Å²) in [5, 5.41) is 20.5. The normalized spacial score (nSPS) is 17.6. The van der Waals surface area contributed by atoms with Gasteiger partial charge in [0.1, 0.15) is 0 Å². The zero-order chi connectivity index (χ0) is 15.6. The second-order valence-corrected chi connectivity index (χ2v) is 5.63. The number of hydrogen-bond acceptors (Lipinski definition) is 4. The van der Waals surface area contributed by atoms with Crippen LogP contribution in [0.25, 0.3) is 0 Å². The topological polar surface area (TPSA) is 83.7 Å². The van der Waals surface area contributed by atoms with Crippen molar-refractivity contribution in [3.8, 4) is 0 Å². The third kappa shape index (κ3) is 3.39. The average Bonchev–Trinajstić information content (AvgIpc) is 2.46. The lowest BCUT2D eigenvalue weighted by Gasteiger charge is -2.33. The lowest BCUT2D eigenvalue weighted by molar-refractivity contribution is -0.385. The molecule has 1 aromatic rings. The molecule has 1 aliphatic heterocycles. The molecule has 0 aliphatic carbocycles. The fraction of sp³-hybridized carbons (Fsp3) is 0.533. The molecule has 21 heavy (non-hydrogen) atoms. The minimum Gasteiger partial charge on any atom is -0.393 e. The molecule has 1 N–H and O–H groups in total. The van der Waals surface area contributed by atoms with Crippen LogP contribution in [0.5, 0.6) is 0 Å². The zero-order valence-electron chi connectivity index (χ0n) is 12.3.